The first-order valence-electron chi connectivity index (χ1n) is 8.18. The molecule has 0 aliphatic heterocycles. The quantitative estimate of drug-likeness (QED) is 0.532. The molecule has 8 heteroatoms. The summed E-state index contributed by atoms with van der Waals surface area (Å²) in [6, 6.07) is 17.1. The van der Waals surface area contributed by atoms with E-state index in [0.717, 1.165) is 20.5 Å². The van der Waals surface area contributed by atoms with Gasteiger partial charge in [0.05, 0.1) is 6.54 Å². The fourth-order valence-electron chi connectivity index (χ4n) is 2.46. The van der Waals surface area contributed by atoms with Crippen LogP contribution in [0.15, 0.2) is 81.7 Å². The SMILES string of the molecule is O=C(Nc1ccc(Sc2nncs2)cc1)c1ccc(Cn2cccn2)cc1. The van der Waals surface area contributed by atoms with E-state index >= 15 is 0 Å². The Morgan fingerprint density at radius 2 is 1.93 bits per heavy atom. The van der Waals surface area contributed by atoms with Crippen LogP contribution in [-0.4, -0.2) is 25.9 Å². The van der Waals surface area contributed by atoms with Gasteiger partial charge in [0.25, 0.3) is 5.91 Å². The lowest BCUT2D eigenvalue weighted by Gasteiger charge is -2.07. The number of nitrogens with one attached hydrogen (secondary N) is 1. The number of nitrogens with zero attached hydrogens (tertiary/aromatic N) is 4. The Hall–Kier alpha value is -2.97. The molecule has 0 aliphatic rings. The van der Waals surface area contributed by atoms with Crippen molar-refractivity contribution in [2.75, 3.05) is 5.32 Å². The van der Waals surface area contributed by atoms with E-state index in [2.05, 4.69) is 20.6 Å². The molecular formula is C19H15N5OS2. The third kappa shape index (κ3) is 4.60. The van der Waals surface area contributed by atoms with Crippen molar-refractivity contribution in [2.45, 2.75) is 15.8 Å². The van der Waals surface area contributed by atoms with Crippen molar-refractivity contribution >= 4 is 34.7 Å². The van der Waals surface area contributed by atoms with Crippen LogP contribution in [0.5, 0.6) is 0 Å². The average molecular weight is 393 g/mol. The number of carbonyl (C=O) groups excluding carboxylic acids is 1. The van der Waals surface area contributed by atoms with Gasteiger partial charge in [-0.25, -0.2) is 0 Å². The van der Waals surface area contributed by atoms with Crippen molar-refractivity contribution in [3.8, 4) is 0 Å². The Labute approximate surface area is 164 Å². The minimum Gasteiger partial charge on any atom is -0.322 e. The van der Waals surface area contributed by atoms with Crippen LogP contribution in [0.25, 0.3) is 0 Å². The fraction of sp³-hybridized carbons (Fsp3) is 0.0526. The van der Waals surface area contributed by atoms with E-state index < -0.39 is 0 Å². The zero-order chi connectivity index (χ0) is 18.5. The molecule has 1 amide bonds. The van der Waals surface area contributed by atoms with E-state index in [0.29, 0.717) is 12.1 Å². The topological polar surface area (TPSA) is 72.7 Å². The minimum atomic E-state index is -0.134. The Morgan fingerprint density at radius 1 is 1.11 bits per heavy atom. The van der Waals surface area contributed by atoms with Gasteiger partial charge in [0.2, 0.25) is 0 Å². The number of aromatic nitrogens is 4. The molecule has 2 aromatic carbocycles. The summed E-state index contributed by atoms with van der Waals surface area (Å²) >= 11 is 3.04. The average Bonchev–Trinajstić information content (AvgIpc) is 3.38. The molecule has 0 saturated heterocycles. The molecule has 6 nitrogen and oxygen atoms in total. The van der Waals surface area contributed by atoms with Crippen molar-refractivity contribution in [3.63, 3.8) is 0 Å². The van der Waals surface area contributed by atoms with Crippen LogP contribution in [0, 0.1) is 0 Å². The Bertz CT molecular complexity index is 997. The van der Waals surface area contributed by atoms with Gasteiger partial charge in [0.15, 0.2) is 4.34 Å². The van der Waals surface area contributed by atoms with E-state index in [4.69, 9.17) is 0 Å². The minimum absolute atomic E-state index is 0.134. The standard InChI is InChI=1S/C19H15N5OS2/c25-18(15-4-2-14(3-5-15)12-24-11-1-10-21-24)22-16-6-8-17(9-7-16)27-19-23-20-13-26-19/h1-11,13H,12H2,(H,22,25). The smallest absolute Gasteiger partial charge is 0.255 e. The molecule has 27 heavy (non-hydrogen) atoms. The molecule has 0 aliphatic carbocycles. The second kappa shape index (κ2) is 8.15. The van der Waals surface area contributed by atoms with Crippen LogP contribution in [0.2, 0.25) is 0 Å². The lowest BCUT2D eigenvalue weighted by atomic mass is 10.1. The highest BCUT2D eigenvalue weighted by atomic mass is 32.2. The highest BCUT2D eigenvalue weighted by Gasteiger charge is 2.07. The number of hydrogen-bond acceptors (Lipinski definition) is 6. The maximum atomic E-state index is 12.4. The molecule has 0 radical (unpaired) electrons. The van der Waals surface area contributed by atoms with Gasteiger partial charge < -0.3 is 5.32 Å². The van der Waals surface area contributed by atoms with Crippen LogP contribution in [0.4, 0.5) is 5.69 Å². The number of amides is 1. The molecule has 0 atom stereocenters. The summed E-state index contributed by atoms with van der Waals surface area (Å²) in [5, 5.41) is 14.9. The van der Waals surface area contributed by atoms with Crippen molar-refractivity contribution < 1.29 is 4.79 Å². The predicted molar refractivity (Wildman–Crippen MR) is 106 cm³/mol. The van der Waals surface area contributed by atoms with Gasteiger partial charge in [-0.3, -0.25) is 9.48 Å². The molecule has 4 aromatic rings. The monoisotopic (exact) mass is 393 g/mol. The highest BCUT2D eigenvalue weighted by Crippen LogP contribution is 2.29. The molecule has 1 N–H and O–H groups in total. The van der Waals surface area contributed by atoms with Crippen molar-refractivity contribution in [3.05, 3.63) is 83.6 Å². The van der Waals surface area contributed by atoms with Crippen LogP contribution < -0.4 is 5.32 Å². The number of rotatable bonds is 6. The summed E-state index contributed by atoms with van der Waals surface area (Å²) in [6.07, 6.45) is 3.66. The summed E-state index contributed by atoms with van der Waals surface area (Å²) in [7, 11) is 0. The van der Waals surface area contributed by atoms with E-state index in [-0.39, 0.29) is 5.91 Å². The number of hydrogen-bond donors (Lipinski definition) is 1. The van der Waals surface area contributed by atoms with E-state index in [1.165, 1.54) is 11.3 Å². The summed E-state index contributed by atoms with van der Waals surface area (Å²) in [6.45, 7) is 0.683. The molecule has 2 aromatic heterocycles. The molecule has 4 rings (SSSR count). The highest BCUT2D eigenvalue weighted by molar-refractivity contribution is 8.01. The van der Waals surface area contributed by atoms with Gasteiger partial charge in [-0.1, -0.05) is 35.2 Å². The fourth-order valence-corrected chi connectivity index (χ4v) is 3.91. The van der Waals surface area contributed by atoms with Gasteiger partial charge in [-0.05, 0) is 48.0 Å². The summed E-state index contributed by atoms with van der Waals surface area (Å²) < 4.78 is 2.73. The van der Waals surface area contributed by atoms with Gasteiger partial charge in [-0.15, -0.1) is 10.2 Å². The third-order valence-electron chi connectivity index (χ3n) is 3.78. The van der Waals surface area contributed by atoms with Crippen molar-refractivity contribution in [1.82, 2.24) is 20.0 Å². The molecule has 0 bridgehead atoms. The van der Waals surface area contributed by atoms with Crippen LogP contribution in [0.3, 0.4) is 0 Å². The summed E-state index contributed by atoms with van der Waals surface area (Å²) in [5.41, 5.74) is 4.17. The summed E-state index contributed by atoms with van der Waals surface area (Å²) in [5.74, 6) is -0.134. The second-order valence-corrected chi connectivity index (χ2v) is 7.84. The lowest BCUT2D eigenvalue weighted by Crippen LogP contribution is -2.12. The van der Waals surface area contributed by atoms with Crippen LogP contribution in [-0.2, 0) is 6.54 Å². The normalized spacial score (nSPS) is 10.7. The zero-order valence-corrected chi connectivity index (χ0v) is 15.8. The Balaban J connectivity index is 1.36. The number of anilines is 1. The molecule has 0 fully saturated rings. The molecular weight excluding hydrogens is 378 g/mol. The Kier molecular flexibility index (Phi) is 5.27. The van der Waals surface area contributed by atoms with E-state index in [9.17, 15) is 4.79 Å². The lowest BCUT2D eigenvalue weighted by molar-refractivity contribution is 0.102. The van der Waals surface area contributed by atoms with Gasteiger partial charge in [0.1, 0.15) is 5.51 Å². The first-order chi connectivity index (χ1) is 13.3. The summed E-state index contributed by atoms with van der Waals surface area (Å²) in [4.78, 5) is 13.5. The van der Waals surface area contributed by atoms with Crippen molar-refractivity contribution in [2.24, 2.45) is 0 Å². The zero-order valence-electron chi connectivity index (χ0n) is 14.1. The van der Waals surface area contributed by atoms with Crippen molar-refractivity contribution in [1.29, 1.82) is 0 Å². The maximum absolute atomic E-state index is 12.4. The Morgan fingerprint density at radius 3 is 2.59 bits per heavy atom. The predicted octanol–water partition coefficient (Wildman–Crippen LogP) is 4.19. The molecule has 0 spiro atoms. The molecule has 2 heterocycles. The first-order valence-corrected chi connectivity index (χ1v) is 9.88. The van der Waals surface area contributed by atoms with E-state index in [1.54, 1.807) is 23.5 Å². The molecule has 0 saturated carbocycles. The number of carbonyl (C=O) groups is 1. The second-order valence-electron chi connectivity index (χ2n) is 5.69. The van der Waals surface area contributed by atoms with Crippen LogP contribution >= 0.6 is 23.1 Å². The third-order valence-corrected chi connectivity index (χ3v) is 5.56. The first kappa shape index (κ1) is 17.4. The molecule has 134 valence electrons. The van der Waals surface area contributed by atoms with Gasteiger partial charge >= 0.3 is 0 Å². The largest absolute Gasteiger partial charge is 0.322 e. The van der Waals surface area contributed by atoms with E-state index in [1.807, 2.05) is 65.5 Å². The van der Waals surface area contributed by atoms with Gasteiger partial charge in [-0.2, -0.15) is 5.10 Å². The number of benzene rings is 2. The van der Waals surface area contributed by atoms with Crippen LogP contribution in [0.1, 0.15) is 15.9 Å². The van der Waals surface area contributed by atoms with Gasteiger partial charge in [0, 0.05) is 28.5 Å². The molecule has 0 unspecified atom stereocenters. The maximum Gasteiger partial charge on any atom is 0.255 e.